The van der Waals surface area contributed by atoms with Crippen LogP contribution in [0.25, 0.3) is 10.9 Å². The molecule has 0 fully saturated rings. The van der Waals surface area contributed by atoms with Crippen molar-refractivity contribution in [3.8, 4) is 5.88 Å². The first kappa shape index (κ1) is 20.4. The number of anilines is 4. The molecule has 2 aromatic heterocycles. The molecule has 2 aromatic carbocycles. The van der Waals surface area contributed by atoms with Crippen LogP contribution in [0.3, 0.4) is 0 Å². The number of H-pyrrole nitrogens is 1. The summed E-state index contributed by atoms with van der Waals surface area (Å²) in [5.74, 6) is 0.174. The van der Waals surface area contributed by atoms with Gasteiger partial charge in [-0.15, -0.1) is 0 Å². The number of amides is 1. The summed E-state index contributed by atoms with van der Waals surface area (Å²) in [6.07, 6.45) is 3.33. The zero-order valence-corrected chi connectivity index (χ0v) is 18.7. The maximum Gasteiger partial charge on any atom is 0.268 e. The van der Waals surface area contributed by atoms with E-state index in [9.17, 15) is 4.79 Å². The summed E-state index contributed by atoms with van der Waals surface area (Å²) in [5, 5.41) is 5.01. The van der Waals surface area contributed by atoms with Crippen LogP contribution in [0.4, 0.5) is 23.0 Å². The minimum absolute atomic E-state index is 0.0645. The van der Waals surface area contributed by atoms with Crippen molar-refractivity contribution >= 4 is 63.0 Å². The molecular formula is C22H18Cl2N6O2. The summed E-state index contributed by atoms with van der Waals surface area (Å²) in [6.45, 7) is -0.0645. The molecular weight excluding hydrogens is 451 g/mol. The number of hydrogen-bond donors (Lipinski definition) is 2. The van der Waals surface area contributed by atoms with Crippen LogP contribution < -0.4 is 19.9 Å². The third kappa shape index (κ3) is 3.47. The minimum atomic E-state index is -0.338. The number of nitrogens with zero attached hydrogens (tertiary/aromatic N) is 4. The van der Waals surface area contributed by atoms with Gasteiger partial charge in [0.25, 0.3) is 5.91 Å². The smallest absolute Gasteiger partial charge is 0.268 e. The van der Waals surface area contributed by atoms with E-state index in [-0.39, 0.29) is 24.1 Å². The molecule has 0 atom stereocenters. The monoisotopic (exact) mass is 468 g/mol. The number of carbonyl (C=O) groups excluding carboxylic acids is 1. The first-order chi connectivity index (χ1) is 15.4. The van der Waals surface area contributed by atoms with Gasteiger partial charge in [-0.1, -0.05) is 29.3 Å². The van der Waals surface area contributed by atoms with Crippen LogP contribution in [-0.2, 0) is 0 Å². The van der Waals surface area contributed by atoms with E-state index in [0.717, 1.165) is 22.3 Å². The normalized spacial score (nSPS) is 13.1. The molecule has 8 nitrogen and oxygen atoms in total. The van der Waals surface area contributed by atoms with Gasteiger partial charge in [0, 0.05) is 48.8 Å². The van der Waals surface area contributed by atoms with E-state index >= 15 is 0 Å². The second kappa shape index (κ2) is 7.89. The number of nitrogens with one attached hydrogen (secondary N) is 2. The number of ether oxygens (including phenoxy) is 1. The molecule has 0 aliphatic carbocycles. The van der Waals surface area contributed by atoms with Gasteiger partial charge in [0.2, 0.25) is 11.8 Å². The molecule has 1 aliphatic rings. The number of aromatic nitrogens is 3. The summed E-state index contributed by atoms with van der Waals surface area (Å²) in [7, 11) is 3.97. The van der Waals surface area contributed by atoms with Gasteiger partial charge in [-0.05, 0) is 30.3 Å². The van der Waals surface area contributed by atoms with Gasteiger partial charge >= 0.3 is 0 Å². The van der Waals surface area contributed by atoms with Crippen molar-refractivity contribution in [3.05, 3.63) is 64.4 Å². The highest BCUT2D eigenvalue weighted by atomic mass is 35.5. The highest BCUT2D eigenvalue weighted by Crippen LogP contribution is 2.37. The molecule has 0 bridgehead atoms. The van der Waals surface area contributed by atoms with Gasteiger partial charge in [-0.3, -0.25) is 9.69 Å². The summed E-state index contributed by atoms with van der Waals surface area (Å²) >= 11 is 12.5. The van der Waals surface area contributed by atoms with E-state index in [0.29, 0.717) is 21.7 Å². The molecule has 0 unspecified atom stereocenters. The Bertz CT molecular complexity index is 1330. The lowest BCUT2D eigenvalue weighted by Crippen LogP contribution is -2.39. The number of para-hydroxylation sites is 1. The summed E-state index contributed by atoms with van der Waals surface area (Å²) < 4.78 is 5.75. The van der Waals surface area contributed by atoms with Crippen molar-refractivity contribution in [2.75, 3.05) is 35.9 Å². The Hall–Kier alpha value is -3.49. The molecule has 2 N–H and O–H groups in total. The van der Waals surface area contributed by atoms with Gasteiger partial charge in [0.15, 0.2) is 6.73 Å². The highest BCUT2D eigenvalue weighted by Gasteiger charge is 2.31. The maximum atomic E-state index is 13.0. The number of carbonyl (C=O) groups is 1. The van der Waals surface area contributed by atoms with Crippen molar-refractivity contribution in [2.24, 2.45) is 0 Å². The Morgan fingerprint density at radius 3 is 2.72 bits per heavy atom. The fourth-order valence-electron chi connectivity index (χ4n) is 3.64. The zero-order chi connectivity index (χ0) is 22.4. The van der Waals surface area contributed by atoms with E-state index in [4.69, 9.17) is 27.9 Å². The third-order valence-corrected chi connectivity index (χ3v) is 5.76. The first-order valence-corrected chi connectivity index (χ1v) is 10.5. The molecule has 10 heteroatoms. The lowest BCUT2D eigenvalue weighted by atomic mass is 10.2. The van der Waals surface area contributed by atoms with Gasteiger partial charge in [-0.25, -0.2) is 4.98 Å². The molecule has 1 aliphatic heterocycles. The summed E-state index contributed by atoms with van der Waals surface area (Å²) in [4.78, 5) is 28.4. The van der Waals surface area contributed by atoms with Crippen molar-refractivity contribution in [3.63, 3.8) is 0 Å². The molecule has 0 saturated carbocycles. The standard InChI is InChI=1S/C22H18Cl2N6O2/c1-29(2)18-9-12(8-17-13(18)6-7-25-17)27-22-26-10-14-20(28-22)32-11-30(21(14)31)19-15(23)4-3-5-16(19)24/h3-10,25H,11H2,1-2H3,(H,26,27,28). The predicted molar refractivity (Wildman–Crippen MR) is 127 cm³/mol. The van der Waals surface area contributed by atoms with Crippen LogP contribution in [0.2, 0.25) is 10.0 Å². The SMILES string of the molecule is CN(C)c1cc(Nc2ncc3c(n2)OCN(c2c(Cl)cccc2Cl)C3=O)cc2[nH]ccc12. The fraction of sp³-hybridized carbons (Fsp3) is 0.136. The number of hydrogen-bond acceptors (Lipinski definition) is 6. The quantitative estimate of drug-likeness (QED) is 0.434. The number of fused-ring (bicyclic) bond motifs is 2. The fourth-order valence-corrected chi connectivity index (χ4v) is 4.25. The van der Waals surface area contributed by atoms with Crippen molar-refractivity contribution in [1.29, 1.82) is 0 Å². The molecule has 0 saturated heterocycles. The van der Waals surface area contributed by atoms with Crippen LogP contribution in [0, 0.1) is 0 Å². The largest absolute Gasteiger partial charge is 0.455 e. The van der Waals surface area contributed by atoms with Crippen molar-refractivity contribution in [2.45, 2.75) is 0 Å². The molecule has 0 radical (unpaired) electrons. The topological polar surface area (TPSA) is 86.4 Å². The van der Waals surface area contributed by atoms with E-state index < -0.39 is 0 Å². The molecule has 1 amide bonds. The van der Waals surface area contributed by atoms with E-state index in [1.54, 1.807) is 18.2 Å². The number of halogens is 2. The summed E-state index contributed by atoms with van der Waals surface area (Å²) in [6, 6.07) is 11.0. The van der Waals surface area contributed by atoms with E-state index in [2.05, 4.69) is 20.3 Å². The van der Waals surface area contributed by atoms with Crippen LogP contribution in [0.5, 0.6) is 5.88 Å². The first-order valence-electron chi connectivity index (χ1n) is 9.73. The highest BCUT2D eigenvalue weighted by molar-refractivity contribution is 6.40. The lowest BCUT2D eigenvalue weighted by molar-refractivity contribution is 0.0932. The van der Waals surface area contributed by atoms with Gasteiger partial charge in [0.05, 0.1) is 15.7 Å². The Balaban J connectivity index is 1.45. The van der Waals surface area contributed by atoms with Crippen LogP contribution in [0.15, 0.2) is 48.8 Å². The van der Waals surface area contributed by atoms with Crippen LogP contribution in [-0.4, -0.2) is 41.7 Å². The average molecular weight is 469 g/mol. The lowest BCUT2D eigenvalue weighted by Gasteiger charge is -2.29. The average Bonchev–Trinajstić information content (AvgIpc) is 3.23. The molecule has 162 valence electrons. The minimum Gasteiger partial charge on any atom is -0.455 e. The molecule has 4 aromatic rings. The van der Waals surface area contributed by atoms with Crippen LogP contribution >= 0.6 is 23.2 Å². The van der Waals surface area contributed by atoms with Gasteiger partial charge in [0.1, 0.15) is 5.56 Å². The predicted octanol–water partition coefficient (Wildman–Crippen LogP) is 5.07. The second-order valence-electron chi connectivity index (χ2n) is 7.44. The molecule has 5 rings (SSSR count). The van der Waals surface area contributed by atoms with Crippen LogP contribution in [0.1, 0.15) is 10.4 Å². The number of benzene rings is 2. The molecule has 0 spiro atoms. The Labute approximate surface area is 193 Å². The molecule has 32 heavy (non-hydrogen) atoms. The zero-order valence-electron chi connectivity index (χ0n) is 17.2. The van der Waals surface area contributed by atoms with Gasteiger partial charge in [-0.2, -0.15) is 4.98 Å². The second-order valence-corrected chi connectivity index (χ2v) is 8.26. The Morgan fingerprint density at radius 1 is 1.19 bits per heavy atom. The van der Waals surface area contributed by atoms with E-state index in [1.165, 1.54) is 11.1 Å². The molecule has 3 heterocycles. The number of rotatable bonds is 4. The van der Waals surface area contributed by atoms with Crippen molar-refractivity contribution < 1.29 is 9.53 Å². The van der Waals surface area contributed by atoms with E-state index in [1.807, 2.05) is 43.4 Å². The Kier molecular flexibility index (Phi) is 5.03. The number of aromatic amines is 1. The maximum absolute atomic E-state index is 13.0. The third-order valence-electron chi connectivity index (χ3n) is 5.15. The summed E-state index contributed by atoms with van der Waals surface area (Å²) in [5.41, 5.74) is 3.45. The van der Waals surface area contributed by atoms with Crippen molar-refractivity contribution in [1.82, 2.24) is 15.0 Å². The van der Waals surface area contributed by atoms with Gasteiger partial charge < -0.3 is 19.9 Å². The Morgan fingerprint density at radius 2 is 1.97 bits per heavy atom.